The average Bonchev–Trinajstić information content (AvgIpc) is 2.67. The molecule has 1 aliphatic heterocycles. The molecule has 126 valence electrons. The SMILES string of the molecule is C[C@H](SCc1ccccc1)C(=O)N1CCN(c2ccccc2)CC1. The van der Waals surface area contributed by atoms with E-state index in [1.165, 1.54) is 11.3 Å². The minimum absolute atomic E-state index is 0.00785. The quantitative estimate of drug-likeness (QED) is 0.830. The molecule has 0 aromatic heterocycles. The van der Waals surface area contributed by atoms with E-state index in [-0.39, 0.29) is 11.2 Å². The molecule has 1 amide bonds. The molecule has 0 spiro atoms. The molecule has 0 aliphatic carbocycles. The van der Waals surface area contributed by atoms with Crippen molar-refractivity contribution in [1.29, 1.82) is 0 Å². The number of hydrogen-bond donors (Lipinski definition) is 0. The number of para-hydroxylation sites is 1. The second-order valence-corrected chi connectivity index (χ2v) is 7.42. The number of benzene rings is 2. The standard InChI is InChI=1S/C20H24N2OS/c1-17(24-16-18-8-4-2-5-9-18)20(23)22-14-12-21(13-15-22)19-10-6-3-7-11-19/h2-11,17H,12-16H2,1H3/t17-/m0/s1. The van der Waals surface area contributed by atoms with Crippen LogP contribution in [0.4, 0.5) is 5.69 Å². The zero-order valence-corrected chi connectivity index (χ0v) is 14.9. The topological polar surface area (TPSA) is 23.6 Å². The first kappa shape index (κ1) is 16.9. The zero-order valence-electron chi connectivity index (χ0n) is 14.1. The molecule has 3 rings (SSSR count). The summed E-state index contributed by atoms with van der Waals surface area (Å²) in [6.45, 7) is 5.46. The first-order valence-corrected chi connectivity index (χ1v) is 9.53. The number of amides is 1. The van der Waals surface area contributed by atoms with Gasteiger partial charge in [0.05, 0.1) is 5.25 Å². The predicted octanol–water partition coefficient (Wildman–Crippen LogP) is 3.66. The van der Waals surface area contributed by atoms with Crippen LogP contribution >= 0.6 is 11.8 Å². The van der Waals surface area contributed by atoms with Crippen LogP contribution in [0.5, 0.6) is 0 Å². The summed E-state index contributed by atoms with van der Waals surface area (Å²) in [7, 11) is 0. The molecule has 2 aromatic rings. The normalized spacial score (nSPS) is 16.0. The molecule has 0 saturated carbocycles. The second-order valence-electron chi connectivity index (χ2n) is 6.09. The van der Waals surface area contributed by atoms with E-state index in [4.69, 9.17) is 0 Å². The van der Waals surface area contributed by atoms with Crippen LogP contribution in [0.2, 0.25) is 0 Å². The van der Waals surface area contributed by atoms with Crippen LogP contribution in [0.1, 0.15) is 12.5 Å². The predicted molar refractivity (Wildman–Crippen MR) is 102 cm³/mol. The highest BCUT2D eigenvalue weighted by atomic mass is 32.2. The lowest BCUT2D eigenvalue weighted by atomic mass is 10.2. The molecule has 1 heterocycles. The van der Waals surface area contributed by atoms with Gasteiger partial charge in [-0.15, -0.1) is 11.8 Å². The summed E-state index contributed by atoms with van der Waals surface area (Å²) in [5.41, 5.74) is 2.52. The van der Waals surface area contributed by atoms with Gasteiger partial charge in [-0.2, -0.15) is 0 Å². The maximum absolute atomic E-state index is 12.6. The molecular weight excluding hydrogens is 316 g/mol. The van der Waals surface area contributed by atoms with Crippen molar-refractivity contribution in [2.75, 3.05) is 31.1 Å². The van der Waals surface area contributed by atoms with Crippen LogP contribution in [0.15, 0.2) is 60.7 Å². The van der Waals surface area contributed by atoms with Gasteiger partial charge in [-0.05, 0) is 24.6 Å². The van der Waals surface area contributed by atoms with Gasteiger partial charge in [0.15, 0.2) is 0 Å². The highest BCUT2D eigenvalue weighted by Crippen LogP contribution is 2.21. The number of nitrogens with zero attached hydrogens (tertiary/aromatic N) is 2. The molecule has 1 fully saturated rings. The third-order valence-electron chi connectivity index (χ3n) is 4.40. The first-order valence-electron chi connectivity index (χ1n) is 8.48. The fourth-order valence-corrected chi connectivity index (χ4v) is 3.87. The monoisotopic (exact) mass is 340 g/mol. The fourth-order valence-electron chi connectivity index (χ4n) is 2.95. The molecule has 4 heteroatoms. The Hall–Kier alpha value is -1.94. The Kier molecular flexibility index (Phi) is 5.81. The van der Waals surface area contributed by atoms with Crippen molar-refractivity contribution in [2.24, 2.45) is 0 Å². The smallest absolute Gasteiger partial charge is 0.235 e. The van der Waals surface area contributed by atoms with Gasteiger partial charge in [-0.1, -0.05) is 48.5 Å². The van der Waals surface area contributed by atoms with E-state index in [1.807, 2.05) is 36.1 Å². The van der Waals surface area contributed by atoms with Crippen molar-refractivity contribution in [3.63, 3.8) is 0 Å². The van der Waals surface area contributed by atoms with Crippen molar-refractivity contribution in [3.8, 4) is 0 Å². The van der Waals surface area contributed by atoms with Crippen molar-refractivity contribution in [1.82, 2.24) is 4.90 Å². The van der Waals surface area contributed by atoms with Gasteiger partial charge >= 0.3 is 0 Å². The van der Waals surface area contributed by atoms with Gasteiger partial charge in [0.1, 0.15) is 0 Å². The van der Waals surface area contributed by atoms with Crippen LogP contribution < -0.4 is 4.90 Å². The van der Waals surface area contributed by atoms with Crippen LogP contribution in [0.3, 0.4) is 0 Å². The minimum atomic E-state index is 0.00785. The lowest BCUT2D eigenvalue weighted by Crippen LogP contribution is -2.50. The largest absolute Gasteiger partial charge is 0.368 e. The van der Waals surface area contributed by atoms with Crippen LogP contribution in [0, 0.1) is 0 Å². The van der Waals surface area contributed by atoms with E-state index in [9.17, 15) is 4.79 Å². The maximum Gasteiger partial charge on any atom is 0.235 e. The van der Waals surface area contributed by atoms with Gasteiger partial charge < -0.3 is 9.80 Å². The van der Waals surface area contributed by atoms with Gasteiger partial charge in [0.2, 0.25) is 5.91 Å². The molecule has 0 bridgehead atoms. The van der Waals surface area contributed by atoms with Gasteiger partial charge in [0.25, 0.3) is 0 Å². The molecule has 2 aromatic carbocycles. The molecule has 24 heavy (non-hydrogen) atoms. The van der Waals surface area contributed by atoms with E-state index >= 15 is 0 Å². The van der Waals surface area contributed by atoms with E-state index in [0.717, 1.165) is 31.9 Å². The third kappa shape index (κ3) is 4.32. The van der Waals surface area contributed by atoms with E-state index < -0.39 is 0 Å². The van der Waals surface area contributed by atoms with Crippen molar-refractivity contribution >= 4 is 23.4 Å². The summed E-state index contributed by atoms with van der Waals surface area (Å²) < 4.78 is 0. The minimum Gasteiger partial charge on any atom is -0.368 e. The summed E-state index contributed by atoms with van der Waals surface area (Å²) in [4.78, 5) is 17.0. The molecule has 1 atom stereocenters. The number of carbonyl (C=O) groups excluding carboxylic acids is 1. The molecule has 0 N–H and O–H groups in total. The Morgan fingerprint density at radius 1 is 0.958 bits per heavy atom. The lowest BCUT2D eigenvalue weighted by Gasteiger charge is -2.37. The molecule has 1 saturated heterocycles. The summed E-state index contributed by atoms with van der Waals surface area (Å²) in [5, 5.41) is 0.00785. The summed E-state index contributed by atoms with van der Waals surface area (Å²) in [5.74, 6) is 1.15. The molecule has 3 nitrogen and oxygen atoms in total. The Labute approximate surface area is 148 Å². The van der Waals surface area contributed by atoms with Crippen molar-refractivity contribution in [2.45, 2.75) is 17.9 Å². The summed E-state index contributed by atoms with van der Waals surface area (Å²) in [6.07, 6.45) is 0. The Morgan fingerprint density at radius 2 is 1.54 bits per heavy atom. The third-order valence-corrected chi connectivity index (χ3v) is 5.60. The Balaban J connectivity index is 1.48. The maximum atomic E-state index is 12.6. The van der Waals surface area contributed by atoms with Crippen molar-refractivity contribution < 1.29 is 4.79 Å². The van der Waals surface area contributed by atoms with E-state index in [0.29, 0.717) is 0 Å². The molecule has 1 aliphatic rings. The van der Waals surface area contributed by atoms with Crippen LogP contribution in [-0.4, -0.2) is 42.2 Å². The Morgan fingerprint density at radius 3 is 2.17 bits per heavy atom. The molecular formula is C20H24N2OS. The number of thioether (sulfide) groups is 1. The van der Waals surface area contributed by atoms with E-state index in [2.05, 4.69) is 41.3 Å². The number of anilines is 1. The van der Waals surface area contributed by atoms with Crippen LogP contribution in [-0.2, 0) is 10.5 Å². The highest BCUT2D eigenvalue weighted by molar-refractivity contribution is 7.99. The second kappa shape index (κ2) is 8.25. The number of hydrogen-bond acceptors (Lipinski definition) is 3. The number of rotatable bonds is 5. The summed E-state index contributed by atoms with van der Waals surface area (Å²) >= 11 is 1.72. The zero-order chi connectivity index (χ0) is 16.8. The van der Waals surface area contributed by atoms with Crippen molar-refractivity contribution in [3.05, 3.63) is 66.2 Å². The van der Waals surface area contributed by atoms with Crippen LogP contribution in [0.25, 0.3) is 0 Å². The fraction of sp³-hybridized carbons (Fsp3) is 0.350. The molecule has 0 radical (unpaired) electrons. The first-order chi connectivity index (χ1) is 11.7. The van der Waals surface area contributed by atoms with Gasteiger partial charge in [-0.25, -0.2) is 0 Å². The van der Waals surface area contributed by atoms with Gasteiger partial charge in [0, 0.05) is 37.6 Å². The van der Waals surface area contributed by atoms with E-state index in [1.54, 1.807) is 11.8 Å². The number of carbonyl (C=O) groups is 1. The molecule has 0 unspecified atom stereocenters. The highest BCUT2D eigenvalue weighted by Gasteiger charge is 2.25. The average molecular weight is 340 g/mol. The number of piperazine rings is 1. The summed E-state index contributed by atoms with van der Waals surface area (Å²) in [6, 6.07) is 20.8. The Bertz CT molecular complexity index is 639. The lowest BCUT2D eigenvalue weighted by molar-refractivity contribution is -0.130. The van der Waals surface area contributed by atoms with Gasteiger partial charge in [-0.3, -0.25) is 4.79 Å².